The van der Waals surface area contributed by atoms with Gasteiger partial charge < -0.3 is 10.1 Å². The molecule has 1 aromatic carbocycles. The Labute approximate surface area is 185 Å². The van der Waals surface area contributed by atoms with E-state index in [1.807, 2.05) is 0 Å². The van der Waals surface area contributed by atoms with Crippen molar-refractivity contribution in [1.82, 2.24) is 10.2 Å². The van der Waals surface area contributed by atoms with Gasteiger partial charge in [0.2, 0.25) is 0 Å². The van der Waals surface area contributed by atoms with E-state index in [-0.39, 0.29) is 38.0 Å². The largest absolute Gasteiger partial charge is 0.496 e. The number of alkyl halides is 8. The molecule has 33 heavy (non-hydrogen) atoms. The summed E-state index contributed by atoms with van der Waals surface area (Å²) in [5.74, 6) is -4.84. The number of rotatable bonds is 4. The Balaban J connectivity index is 1.90. The van der Waals surface area contributed by atoms with E-state index < -0.39 is 52.7 Å². The zero-order chi connectivity index (χ0) is 24.6. The van der Waals surface area contributed by atoms with Crippen molar-refractivity contribution in [2.24, 2.45) is 0 Å². The third-order valence-corrected chi connectivity index (χ3v) is 6.23. The highest BCUT2D eigenvalue weighted by Crippen LogP contribution is 2.41. The number of nitrogens with zero attached hydrogens (tertiary/aromatic N) is 1. The van der Waals surface area contributed by atoms with Gasteiger partial charge in [-0.25, -0.2) is 8.78 Å². The summed E-state index contributed by atoms with van der Waals surface area (Å²) in [4.78, 5) is 14.7. The lowest BCUT2D eigenvalue weighted by molar-refractivity contribution is -0.143. The Morgan fingerprint density at radius 3 is 2.18 bits per heavy atom. The van der Waals surface area contributed by atoms with Gasteiger partial charge in [0, 0.05) is 38.0 Å². The number of ether oxygens (including phenoxy) is 1. The predicted molar refractivity (Wildman–Crippen MR) is 102 cm³/mol. The van der Waals surface area contributed by atoms with Gasteiger partial charge in [0.1, 0.15) is 5.75 Å². The molecule has 2 atom stereocenters. The maximum Gasteiger partial charge on any atom is 0.417 e. The van der Waals surface area contributed by atoms with Crippen molar-refractivity contribution >= 4 is 5.91 Å². The first-order valence-electron chi connectivity index (χ1n) is 10.5. The van der Waals surface area contributed by atoms with Crippen LogP contribution >= 0.6 is 0 Å². The quantitative estimate of drug-likeness (QED) is 0.569. The maximum atomic E-state index is 13.6. The first-order valence-corrected chi connectivity index (χ1v) is 10.5. The number of likely N-dealkylation sites (tertiary alicyclic amines) is 1. The van der Waals surface area contributed by atoms with E-state index in [1.54, 1.807) is 4.90 Å². The van der Waals surface area contributed by atoms with Crippen molar-refractivity contribution in [3.05, 3.63) is 28.8 Å². The van der Waals surface area contributed by atoms with Gasteiger partial charge in [-0.05, 0) is 25.0 Å². The van der Waals surface area contributed by atoms with Crippen LogP contribution in [0, 0.1) is 0 Å². The second-order valence-corrected chi connectivity index (χ2v) is 8.42. The van der Waals surface area contributed by atoms with Crippen LogP contribution in [0.5, 0.6) is 5.75 Å². The third-order valence-electron chi connectivity index (χ3n) is 6.23. The van der Waals surface area contributed by atoms with Crippen molar-refractivity contribution in [2.75, 3.05) is 20.2 Å². The van der Waals surface area contributed by atoms with Crippen LogP contribution in [-0.2, 0) is 12.4 Å². The zero-order valence-corrected chi connectivity index (χ0v) is 17.8. The molecule has 2 aliphatic rings. The van der Waals surface area contributed by atoms with E-state index >= 15 is 0 Å². The van der Waals surface area contributed by atoms with E-state index in [4.69, 9.17) is 4.74 Å². The second-order valence-electron chi connectivity index (χ2n) is 8.42. The molecule has 1 aliphatic carbocycles. The SMILES string of the molecule is COc1cc(C(F)(F)F)cc(C(F)(F)F)c1C(=O)N[C@@H]1CCCCC1N1CCC(F)(F)CC1. The molecule has 1 aromatic rings. The van der Waals surface area contributed by atoms with Gasteiger partial charge in [-0.1, -0.05) is 12.8 Å². The van der Waals surface area contributed by atoms with Crippen LogP contribution in [0.15, 0.2) is 12.1 Å². The number of carbonyl (C=O) groups excluding carboxylic acids is 1. The van der Waals surface area contributed by atoms with E-state index in [1.165, 1.54) is 0 Å². The van der Waals surface area contributed by atoms with Crippen LogP contribution in [0.25, 0.3) is 0 Å². The summed E-state index contributed by atoms with van der Waals surface area (Å²) < 4.78 is 112. The molecule has 2 fully saturated rings. The summed E-state index contributed by atoms with van der Waals surface area (Å²) >= 11 is 0. The van der Waals surface area contributed by atoms with E-state index in [0.717, 1.165) is 13.5 Å². The number of piperidine rings is 1. The number of amides is 1. The lowest BCUT2D eigenvalue weighted by atomic mass is 9.87. The highest BCUT2D eigenvalue weighted by atomic mass is 19.4. The van der Waals surface area contributed by atoms with E-state index in [0.29, 0.717) is 25.3 Å². The summed E-state index contributed by atoms with van der Waals surface area (Å²) in [7, 11) is 0.879. The molecular formula is C21H24F8N2O2. The Morgan fingerprint density at radius 2 is 1.64 bits per heavy atom. The fourth-order valence-electron chi connectivity index (χ4n) is 4.54. The van der Waals surface area contributed by atoms with Crippen molar-refractivity contribution in [2.45, 2.75) is 68.9 Å². The Kier molecular flexibility index (Phi) is 7.16. The molecule has 4 nitrogen and oxygen atoms in total. The normalized spacial score (nSPS) is 24.4. The molecule has 12 heteroatoms. The minimum atomic E-state index is -5.24. The first kappa shape index (κ1) is 25.5. The Morgan fingerprint density at radius 1 is 1.03 bits per heavy atom. The van der Waals surface area contributed by atoms with E-state index in [9.17, 15) is 39.9 Å². The van der Waals surface area contributed by atoms with Crippen LogP contribution in [0.1, 0.15) is 60.0 Å². The molecule has 0 bridgehead atoms. The topological polar surface area (TPSA) is 41.6 Å². The molecular weight excluding hydrogens is 464 g/mol. The number of hydrogen-bond acceptors (Lipinski definition) is 3. The lowest BCUT2D eigenvalue weighted by Gasteiger charge is -2.43. The van der Waals surface area contributed by atoms with Crippen molar-refractivity contribution in [3.63, 3.8) is 0 Å². The van der Waals surface area contributed by atoms with Crippen molar-refractivity contribution in [1.29, 1.82) is 0 Å². The zero-order valence-electron chi connectivity index (χ0n) is 17.8. The van der Waals surface area contributed by atoms with Gasteiger partial charge in [0.15, 0.2) is 0 Å². The molecule has 0 spiro atoms. The number of halogens is 8. The molecule has 0 radical (unpaired) electrons. The van der Waals surface area contributed by atoms with Crippen LogP contribution in [0.4, 0.5) is 35.1 Å². The highest BCUT2D eigenvalue weighted by Gasteiger charge is 2.43. The van der Waals surface area contributed by atoms with Crippen LogP contribution in [0.3, 0.4) is 0 Å². The molecule has 1 saturated carbocycles. The first-order chi connectivity index (χ1) is 15.2. The number of methoxy groups -OCH3 is 1. The third kappa shape index (κ3) is 5.88. The minimum Gasteiger partial charge on any atom is -0.496 e. The average Bonchev–Trinajstić information content (AvgIpc) is 2.72. The number of benzene rings is 1. The van der Waals surface area contributed by atoms with Crippen molar-refractivity contribution in [3.8, 4) is 5.75 Å². The molecule has 1 N–H and O–H groups in total. The molecule has 1 unspecified atom stereocenters. The number of hydrogen-bond donors (Lipinski definition) is 1. The summed E-state index contributed by atoms with van der Waals surface area (Å²) in [6.45, 7) is 0.170. The molecule has 0 aromatic heterocycles. The van der Waals surface area contributed by atoms with E-state index in [2.05, 4.69) is 5.32 Å². The molecule has 1 saturated heterocycles. The predicted octanol–water partition coefficient (Wildman–Crippen LogP) is 5.50. The van der Waals surface area contributed by atoms with Gasteiger partial charge in [-0.3, -0.25) is 9.69 Å². The van der Waals surface area contributed by atoms with Gasteiger partial charge in [0.25, 0.3) is 11.8 Å². The van der Waals surface area contributed by atoms with Gasteiger partial charge in [0.05, 0.1) is 23.8 Å². The molecule has 1 amide bonds. The molecule has 186 valence electrons. The minimum absolute atomic E-state index is 0.0848. The molecule has 1 heterocycles. The summed E-state index contributed by atoms with van der Waals surface area (Å²) in [5.41, 5.74) is -4.38. The fourth-order valence-corrected chi connectivity index (χ4v) is 4.54. The standard InChI is InChI=1S/C21H24F8N2O2/c1-33-16-11-12(20(24,25)26)10-13(21(27,28)29)17(16)18(32)30-14-4-2-3-5-15(14)31-8-6-19(22,23)7-9-31/h10-11,14-15H,2-9H2,1H3,(H,30,32)/t14-,15?/m1/s1. The lowest BCUT2D eigenvalue weighted by Crippen LogP contribution is -2.56. The van der Waals surface area contributed by atoms with Gasteiger partial charge in [-0.2, -0.15) is 26.3 Å². The monoisotopic (exact) mass is 488 g/mol. The average molecular weight is 488 g/mol. The second kappa shape index (κ2) is 9.27. The Hall–Kier alpha value is -2.11. The fraction of sp³-hybridized carbons (Fsp3) is 0.667. The smallest absolute Gasteiger partial charge is 0.417 e. The Bertz CT molecular complexity index is 859. The summed E-state index contributed by atoms with van der Waals surface area (Å²) in [5, 5.41) is 2.52. The number of carbonyl (C=O) groups is 1. The van der Waals surface area contributed by atoms with Crippen molar-refractivity contribution < 1.29 is 44.7 Å². The van der Waals surface area contributed by atoms with Crippen LogP contribution in [-0.4, -0.2) is 49.0 Å². The van der Waals surface area contributed by atoms with Crippen LogP contribution < -0.4 is 10.1 Å². The summed E-state index contributed by atoms with van der Waals surface area (Å²) in [6.07, 6.45) is -8.62. The van der Waals surface area contributed by atoms with Gasteiger partial charge in [-0.15, -0.1) is 0 Å². The highest BCUT2D eigenvalue weighted by molar-refractivity contribution is 5.99. The van der Waals surface area contributed by atoms with Gasteiger partial charge >= 0.3 is 12.4 Å². The van der Waals surface area contributed by atoms with Crippen LogP contribution in [0.2, 0.25) is 0 Å². The number of nitrogens with one attached hydrogen (secondary N) is 1. The summed E-state index contributed by atoms with van der Waals surface area (Å²) in [6, 6.07) is -0.739. The molecule has 3 rings (SSSR count). The maximum absolute atomic E-state index is 13.6. The molecule has 1 aliphatic heterocycles.